The first-order valence-electron chi connectivity index (χ1n) is 7.86. The molecule has 2 unspecified atom stereocenters. The van der Waals surface area contributed by atoms with Crippen LogP contribution in [0.1, 0.15) is 57.8 Å². The molecule has 2 aliphatic heterocycles. The van der Waals surface area contributed by atoms with Crippen molar-refractivity contribution in [3.05, 3.63) is 0 Å². The van der Waals surface area contributed by atoms with E-state index in [1.54, 1.807) is 0 Å². The molecule has 2 heterocycles. The summed E-state index contributed by atoms with van der Waals surface area (Å²) in [6, 6.07) is 1.04. The zero-order valence-corrected chi connectivity index (χ0v) is 12.6. The number of carbonyl (C=O) groups excluding carboxylic acids is 1. The predicted molar refractivity (Wildman–Crippen MR) is 79.6 cm³/mol. The van der Waals surface area contributed by atoms with Gasteiger partial charge in [0, 0.05) is 25.0 Å². The maximum absolute atomic E-state index is 12.5. The molecule has 0 spiro atoms. The molecular weight excluding hydrogens is 260 g/mol. The standard InChI is InChI=1S/C15H26N2O.ClH/c18-15(8-5-12-3-1-2-4-12)17-13-6-7-14(17)11-16-10-9-13;/h12-14,16H,1-11H2;1H. The summed E-state index contributed by atoms with van der Waals surface area (Å²) in [5.41, 5.74) is 0. The summed E-state index contributed by atoms with van der Waals surface area (Å²) in [6.07, 6.45) is 11.1. The number of hydrogen-bond acceptors (Lipinski definition) is 2. The topological polar surface area (TPSA) is 32.3 Å². The van der Waals surface area contributed by atoms with Crippen molar-refractivity contribution >= 4 is 18.3 Å². The molecule has 4 heteroatoms. The van der Waals surface area contributed by atoms with Gasteiger partial charge in [-0.15, -0.1) is 12.4 Å². The maximum Gasteiger partial charge on any atom is 0.223 e. The van der Waals surface area contributed by atoms with Gasteiger partial charge < -0.3 is 10.2 Å². The Morgan fingerprint density at radius 3 is 2.58 bits per heavy atom. The lowest BCUT2D eigenvalue weighted by Crippen LogP contribution is -2.42. The molecule has 1 aliphatic carbocycles. The summed E-state index contributed by atoms with van der Waals surface area (Å²) in [5.74, 6) is 1.29. The minimum Gasteiger partial charge on any atom is -0.335 e. The van der Waals surface area contributed by atoms with Crippen molar-refractivity contribution in [2.75, 3.05) is 13.1 Å². The molecular formula is C15H27ClN2O. The Morgan fingerprint density at radius 1 is 1.05 bits per heavy atom. The Labute approximate surface area is 122 Å². The first-order valence-corrected chi connectivity index (χ1v) is 7.86. The summed E-state index contributed by atoms with van der Waals surface area (Å²) < 4.78 is 0. The molecule has 1 saturated carbocycles. The fourth-order valence-corrected chi connectivity index (χ4v) is 4.15. The number of nitrogens with zero attached hydrogens (tertiary/aromatic N) is 1. The van der Waals surface area contributed by atoms with Crippen LogP contribution >= 0.6 is 12.4 Å². The molecule has 19 heavy (non-hydrogen) atoms. The van der Waals surface area contributed by atoms with Crippen LogP contribution < -0.4 is 5.32 Å². The van der Waals surface area contributed by atoms with Gasteiger partial charge in [0.2, 0.25) is 5.91 Å². The lowest BCUT2D eigenvalue weighted by Gasteiger charge is -2.28. The monoisotopic (exact) mass is 286 g/mol. The summed E-state index contributed by atoms with van der Waals surface area (Å²) in [5, 5.41) is 3.47. The van der Waals surface area contributed by atoms with Crippen molar-refractivity contribution in [1.82, 2.24) is 10.2 Å². The Balaban J connectivity index is 0.00000133. The number of fused-ring (bicyclic) bond motifs is 2. The molecule has 2 atom stereocenters. The molecule has 1 amide bonds. The second-order valence-electron chi connectivity index (χ2n) is 6.37. The van der Waals surface area contributed by atoms with Gasteiger partial charge in [-0.2, -0.15) is 0 Å². The van der Waals surface area contributed by atoms with Crippen LogP contribution in [0.3, 0.4) is 0 Å². The number of carbonyl (C=O) groups is 1. The molecule has 3 aliphatic rings. The predicted octanol–water partition coefficient (Wildman–Crippen LogP) is 2.73. The van der Waals surface area contributed by atoms with Crippen LogP contribution in [-0.2, 0) is 4.79 Å². The van der Waals surface area contributed by atoms with E-state index in [9.17, 15) is 4.79 Å². The van der Waals surface area contributed by atoms with Crippen molar-refractivity contribution in [1.29, 1.82) is 0 Å². The van der Waals surface area contributed by atoms with Gasteiger partial charge in [-0.05, 0) is 38.1 Å². The van der Waals surface area contributed by atoms with Gasteiger partial charge in [0.25, 0.3) is 0 Å². The Hall–Kier alpha value is -0.280. The van der Waals surface area contributed by atoms with Crippen LogP contribution in [0.4, 0.5) is 0 Å². The third-order valence-electron chi connectivity index (χ3n) is 5.18. The number of nitrogens with one attached hydrogen (secondary N) is 1. The third-order valence-corrected chi connectivity index (χ3v) is 5.18. The van der Waals surface area contributed by atoms with Crippen LogP contribution in [-0.4, -0.2) is 36.0 Å². The van der Waals surface area contributed by atoms with Gasteiger partial charge in [0.05, 0.1) is 0 Å². The summed E-state index contributed by atoms with van der Waals surface area (Å²) in [6.45, 7) is 2.11. The molecule has 0 aromatic heterocycles. The molecule has 0 aromatic rings. The molecule has 0 aromatic carbocycles. The summed E-state index contributed by atoms with van der Waals surface area (Å²) >= 11 is 0. The van der Waals surface area contributed by atoms with E-state index in [2.05, 4.69) is 10.2 Å². The van der Waals surface area contributed by atoms with Gasteiger partial charge in [0.15, 0.2) is 0 Å². The van der Waals surface area contributed by atoms with Crippen molar-refractivity contribution in [2.24, 2.45) is 5.92 Å². The van der Waals surface area contributed by atoms with Gasteiger partial charge in [-0.1, -0.05) is 25.7 Å². The van der Waals surface area contributed by atoms with E-state index >= 15 is 0 Å². The third kappa shape index (κ3) is 3.43. The first-order chi connectivity index (χ1) is 8.84. The van der Waals surface area contributed by atoms with E-state index in [-0.39, 0.29) is 12.4 Å². The summed E-state index contributed by atoms with van der Waals surface area (Å²) in [7, 11) is 0. The minimum atomic E-state index is 0. The quantitative estimate of drug-likeness (QED) is 0.865. The van der Waals surface area contributed by atoms with E-state index in [1.807, 2.05) is 0 Å². The first kappa shape index (κ1) is 15.1. The highest BCUT2D eigenvalue weighted by Crippen LogP contribution is 2.32. The number of amides is 1. The van der Waals surface area contributed by atoms with Crippen LogP contribution in [0.15, 0.2) is 0 Å². The highest BCUT2D eigenvalue weighted by Gasteiger charge is 2.37. The fraction of sp³-hybridized carbons (Fsp3) is 0.933. The second-order valence-corrected chi connectivity index (χ2v) is 6.37. The molecule has 0 radical (unpaired) electrons. The maximum atomic E-state index is 12.5. The van der Waals surface area contributed by atoms with E-state index in [0.29, 0.717) is 18.0 Å². The molecule has 1 N–H and O–H groups in total. The number of halogens is 1. The lowest BCUT2D eigenvalue weighted by atomic mass is 10.0. The highest BCUT2D eigenvalue weighted by molar-refractivity contribution is 5.85. The van der Waals surface area contributed by atoms with Gasteiger partial charge in [-0.3, -0.25) is 4.79 Å². The smallest absolute Gasteiger partial charge is 0.223 e. The van der Waals surface area contributed by atoms with Crippen LogP contribution in [0.25, 0.3) is 0 Å². The van der Waals surface area contributed by atoms with E-state index in [0.717, 1.165) is 38.3 Å². The highest BCUT2D eigenvalue weighted by atomic mass is 35.5. The Bertz CT molecular complexity index is 291. The van der Waals surface area contributed by atoms with E-state index in [4.69, 9.17) is 0 Å². The van der Waals surface area contributed by atoms with Crippen molar-refractivity contribution in [3.63, 3.8) is 0 Å². The molecule has 3 fully saturated rings. The lowest BCUT2D eigenvalue weighted by molar-refractivity contribution is -0.134. The van der Waals surface area contributed by atoms with Gasteiger partial charge >= 0.3 is 0 Å². The summed E-state index contributed by atoms with van der Waals surface area (Å²) in [4.78, 5) is 14.7. The van der Waals surface area contributed by atoms with Gasteiger partial charge in [0.1, 0.15) is 0 Å². The number of hydrogen-bond donors (Lipinski definition) is 1. The van der Waals surface area contributed by atoms with Crippen molar-refractivity contribution < 1.29 is 4.79 Å². The largest absolute Gasteiger partial charge is 0.335 e. The molecule has 3 nitrogen and oxygen atoms in total. The SMILES string of the molecule is Cl.O=C(CCC1CCCC1)N1C2CCNCC1CC2. The zero-order valence-electron chi connectivity index (χ0n) is 11.8. The van der Waals surface area contributed by atoms with E-state index in [1.165, 1.54) is 38.5 Å². The molecule has 3 rings (SSSR count). The van der Waals surface area contributed by atoms with E-state index < -0.39 is 0 Å². The minimum absolute atomic E-state index is 0. The average molecular weight is 287 g/mol. The molecule has 2 saturated heterocycles. The van der Waals surface area contributed by atoms with Gasteiger partial charge in [-0.25, -0.2) is 0 Å². The Morgan fingerprint density at radius 2 is 1.79 bits per heavy atom. The van der Waals surface area contributed by atoms with Crippen LogP contribution in [0.2, 0.25) is 0 Å². The van der Waals surface area contributed by atoms with Crippen LogP contribution in [0, 0.1) is 5.92 Å². The molecule has 2 bridgehead atoms. The zero-order chi connectivity index (χ0) is 12.4. The number of rotatable bonds is 3. The Kier molecular flexibility index (Phi) is 5.52. The fourth-order valence-electron chi connectivity index (χ4n) is 4.15. The van der Waals surface area contributed by atoms with Crippen molar-refractivity contribution in [3.8, 4) is 0 Å². The van der Waals surface area contributed by atoms with Crippen LogP contribution in [0.5, 0.6) is 0 Å². The second kappa shape index (κ2) is 6.94. The normalized spacial score (nSPS) is 31.1. The average Bonchev–Trinajstić information content (AvgIpc) is 2.93. The molecule has 110 valence electrons. The van der Waals surface area contributed by atoms with Crippen molar-refractivity contribution in [2.45, 2.75) is 69.9 Å².